The number of nitrogens with one attached hydrogen (secondary N) is 1. The molecule has 0 aliphatic heterocycles. The number of ether oxygens (including phenoxy) is 1. The molecule has 0 fully saturated rings. The highest BCUT2D eigenvalue weighted by Crippen LogP contribution is 2.15. The Bertz CT molecular complexity index is 329. The Morgan fingerprint density at radius 3 is 2.53 bits per heavy atom. The van der Waals surface area contributed by atoms with Gasteiger partial charge in [0.2, 0.25) is 0 Å². The van der Waals surface area contributed by atoms with E-state index in [2.05, 4.69) is 12.2 Å². The topological polar surface area (TPSA) is 47.3 Å². The summed E-state index contributed by atoms with van der Waals surface area (Å²) in [6.45, 7) is 4.20. The maximum Gasteiger partial charge on any atom is 0.0587 e. The van der Waals surface area contributed by atoms with Gasteiger partial charge in [0.25, 0.3) is 0 Å². The summed E-state index contributed by atoms with van der Waals surface area (Å²) in [7, 11) is 1.70. The molecule has 17 heavy (non-hydrogen) atoms. The number of hydrogen-bond acceptors (Lipinski definition) is 3. The minimum absolute atomic E-state index is 0.105. The SMILES string of the molecule is COCCNC(C)(CN)Cc1ccc(Cl)cc1. The smallest absolute Gasteiger partial charge is 0.0587 e. The fourth-order valence-corrected chi connectivity index (χ4v) is 1.84. The van der Waals surface area contributed by atoms with Crippen molar-refractivity contribution in [3.05, 3.63) is 34.9 Å². The minimum Gasteiger partial charge on any atom is -0.383 e. The van der Waals surface area contributed by atoms with Crippen LogP contribution in [0.15, 0.2) is 24.3 Å². The molecule has 0 aliphatic rings. The Labute approximate surface area is 108 Å². The van der Waals surface area contributed by atoms with Crippen molar-refractivity contribution in [3.63, 3.8) is 0 Å². The molecule has 1 aromatic rings. The number of halogens is 1. The summed E-state index contributed by atoms with van der Waals surface area (Å²) in [4.78, 5) is 0. The number of methoxy groups -OCH3 is 1. The van der Waals surface area contributed by atoms with Crippen LogP contribution >= 0.6 is 11.6 Å². The zero-order valence-electron chi connectivity index (χ0n) is 10.5. The van der Waals surface area contributed by atoms with E-state index in [4.69, 9.17) is 22.1 Å². The predicted octanol–water partition coefficient (Wildman–Crippen LogP) is 1.84. The second-order valence-corrected chi connectivity index (χ2v) is 4.92. The Morgan fingerprint density at radius 2 is 2.00 bits per heavy atom. The number of hydrogen-bond donors (Lipinski definition) is 2. The summed E-state index contributed by atoms with van der Waals surface area (Å²) in [5.74, 6) is 0. The molecule has 0 heterocycles. The van der Waals surface area contributed by atoms with Crippen LogP contribution in [0.1, 0.15) is 12.5 Å². The van der Waals surface area contributed by atoms with Crippen molar-refractivity contribution in [2.24, 2.45) is 5.73 Å². The molecule has 3 nitrogen and oxygen atoms in total. The van der Waals surface area contributed by atoms with Crippen molar-refractivity contribution < 1.29 is 4.74 Å². The molecule has 1 aromatic carbocycles. The summed E-state index contributed by atoms with van der Waals surface area (Å²) in [6.07, 6.45) is 0.879. The molecule has 96 valence electrons. The third-order valence-electron chi connectivity index (χ3n) is 2.82. The molecule has 0 saturated carbocycles. The van der Waals surface area contributed by atoms with E-state index in [1.54, 1.807) is 7.11 Å². The largest absolute Gasteiger partial charge is 0.383 e. The Kier molecular flexibility index (Phi) is 5.92. The fraction of sp³-hybridized carbons (Fsp3) is 0.538. The molecule has 4 heteroatoms. The highest BCUT2D eigenvalue weighted by molar-refractivity contribution is 6.30. The molecule has 1 unspecified atom stereocenters. The third-order valence-corrected chi connectivity index (χ3v) is 3.07. The first-order valence-electron chi connectivity index (χ1n) is 5.78. The van der Waals surface area contributed by atoms with Crippen molar-refractivity contribution >= 4 is 11.6 Å². The van der Waals surface area contributed by atoms with Crippen molar-refractivity contribution in [2.75, 3.05) is 26.8 Å². The van der Waals surface area contributed by atoms with Gasteiger partial charge in [-0.05, 0) is 31.0 Å². The minimum atomic E-state index is -0.105. The van der Waals surface area contributed by atoms with Gasteiger partial charge in [0.1, 0.15) is 0 Å². The van der Waals surface area contributed by atoms with E-state index in [-0.39, 0.29) is 5.54 Å². The summed E-state index contributed by atoms with van der Waals surface area (Å²) in [5, 5.41) is 4.19. The summed E-state index contributed by atoms with van der Waals surface area (Å²) < 4.78 is 5.03. The normalized spacial score (nSPS) is 14.6. The monoisotopic (exact) mass is 256 g/mol. The Balaban J connectivity index is 2.58. The molecular weight excluding hydrogens is 236 g/mol. The Morgan fingerprint density at radius 1 is 1.35 bits per heavy atom. The molecule has 0 radical (unpaired) electrons. The first kappa shape index (κ1) is 14.5. The van der Waals surface area contributed by atoms with Gasteiger partial charge in [-0.25, -0.2) is 0 Å². The van der Waals surface area contributed by atoms with E-state index in [1.165, 1.54) is 5.56 Å². The number of nitrogens with two attached hydrogens (primary N) is 1. The lowest BCUT2D eigenvalue weighted by molar-refractivity contribution is 0.186. The van der Waals surface area contributed by atoms with Gasteiger partial charge >= 0.3 is 0 Å². The van der Waals surface area contributed by atoms with E-state index in [0.29, 0.717) is 13.2 Å². The summed E-state index contributed by atoms with van der Waals surface area (Å²) >= 11 is 5.86. The van der Waals surface area contributed by atoms with Gasteiger partial charge in [0, 0.05) is 30.8 Å². The average molecular weight is 257 g/mol. The van der Waals surface area contributed by atoms with Crippen LogP contribution in [-0.2, 0) is 11.2 Å². The van der Waals surface area contributed by atoms with Crippen LogP contribution in [-0.4, -0.2) is 32.3 Å². The van der Waals surface area contributed by atoms with Gasteiger partial charge < -0.3 is 15.8 Å². The van der Waals surface area contributed by atoms with Gasteiger partial charge in [0.05, 0.1) is 6.61 Å². The van der Waals surface area contributed by atoms with E-state index in [0.717, 1.165) is 18.0 Å². The van der Waals surface area contributed by atoms with E-state index in [9.17, 15) is 0 Å². The summed E-state index contributed by atoms with van der Waals surface area (Å²) in [6, 6.07) is 7.88. The molecule has 0 saturated heterocycles. The summed E-state index contributed by atoms with van der Waals surface area (Å²) in [5.41, 5.74) is 6.96. The van der Waals surface area contributed by atoms with Crippen molar-refractivity contribution in [1.82, 2.24) is 5.32 Å². The van der Waals surface area contributed by atoms with Crippen LogP contribution in [0.25, 0.3) is 0 Å². The van der Waals surface area contributed by atoms with Gasteiger partial charge in [-0.2, -0.15) is 0 Å². The van der Waals surface area contributed by atoms with Crippen LogP contribution in [0.5, 0.6) is 0 Å². The second-order valence-electron chi connectivity index (χ2n) is 4.49. The molecule has 0 amide bonds. The van der Waals surface area contributed by atoms with Crippen LogP contribution in [0.2, 0.25) is 5.02 Å². The van der Waals surface area contributed by atoms with Crippen LogP contribution < -0.4 is 11.1 Å². The standard InChI is InChI=1S/C13H21ClN2O/c1-13(10-15,16-7-8-17-2)9-11-3-5-12(14)6-4-11/h3-6,16H,7-10,15H2,1-2H3. The predicted molar refractivity (Wildman–Crippen MR) is 72.5 cm³/mol. The van der Waals surface area contributed by atoms with E-state index >= 15 is 0 Å². The van der Waals surface area contributed by atoms with Gasteiger partial charge in [0.15, 0.2) is 0 Å². The van der Waals surface area contributed by atoms with Crippen molar-refractivity contribution in [1.29, 1.82) is 0 Å². The zero-order chi connectivity index (χ0) is 12.7. The van der Waals surface area contributed by atoms with Crippen LogP contribution in [0.4, 0.5) is 0 Å². The molecule has 3 N–H and O–H groups in total. The zero-order valence-corrected chi connectivity index (χ0v) is 11.3. The van der Waals surface area contributed by atoms with Crippen molar-refractivity contribution in [3.8, 4) is 0 Å². The molecule has 0 spiro atoms. The maximum absolute atomic E-state index is 5.86. The van der Waals surface area contributed by atoms with E-state index in [1.807, 2.05) is 24.3 Å². The van der Waals surface area contributed by atoms with Crippen LogP contribution in [0.3, 0.4) is 0 Å². The lowest BCUT2D eigenvalue weighted by Gasteiger charge is -2.29. The molecule has 0 aromatic heterocycles. The highest BCUT2D eigenvalue weighted by atomic mass is 35.5. The van der Waals surface area contributed by atoms with Gasteiger partial charge in [-0.3, -0.25) is 0 Å². The first-order valence-corrected chi connectivity index (χ1v) is 6.16. The first-order chi connectivity index (χ1) is 8.09. The average Bonchev–Trinajstić information content (AvgIpc) is 2.33. The van der Waals surface area contributed by atoms with Crippen molar-refractivity contribution in [2.45, 2.75) is 18.9 Å². The molecular formula is C13H21ClN2O. The Hall–Kier alpha value is -0.610. The second kappa shape index (κ2) is 6.97. The lowest BCUT2D eigenvalue weighted by atomic mass is 9.93. The van der Waals surface area contributed by atoms with Crippen LogP contribution in [0, 0.1) is 0 Å². The third kappa shape index (κ3) is 5.04. The van der Waals surface area contributed by atoms with Gasteiger partial charge in [-0.1, -0.05) is 23.7 Å². The molecule has 1 rings (SSSR count). The fourth-order valence-electron chi connectivity index (χ4n) is 1.71. The number of benzene rings is 1. The quantitative estimate of drug-likeness (QED) is 0.732. The maximum atomic E-state index is 5.86. The molecule has 1 atom stereocenters. The number of rotatable bonds is 7. The van der Waals surface area contributed by atoms with E-state index < -0.39 is 0 Å². The highest BCUT2D eigenvalue weighted by Gasteiger charge is 2.21. The molecule has 0 aliphatic carbocycles. The lowest BCUT2D eigenvalue weighted by Crippen LogP contribution is -2.51. The van der Waals surface area contributed by atoms with Gasteiger partial charge in [-0.15, -0.1) is 0 Å². The molecule has 0 bridgehead atoms.